The number of nitrogens with zero attached hydrogens (tertiary/aromatic N) is 3. The number of hydrogen-bond acceptors (Lipinski definition) is 5. The van der Waals surface area contributed by atoms with E-state index < -0.39 is 0 Å². The smallest absolute Gasteiger partial charge is 0.242 e. The third-order valence-electron chi connectivity index (χ3n) is 6.32. The summed E-state index contributed by atoms with van der Waals surface area (Å²) in [4.78, 5) is 34.4. The van der Waals surface area contributed by atoms with Gasteiger partial charge in [-0.25, -0.2) is 4.98 Å². The van der Waals surface area contributed by atoms with E-state index in [1.165, 1.54) is 19.3 Å². The Hall–Kier alpha value is -1.99. The number of amides is 2. The number of carbonyl (C=O) groups is 2. The Labute approximate surface area is 182 Å². The first-order valence-corrected chi connectivity index (χ1v) is 12.1. The number of anilines is 1. The van der Waals surface area contributed by atoms with E-state index in [0.29, 0.717) is 25.7 Å². The summed E-state index contributed by atoms with van der Waals surface area (Å²) < 4.78 is 1.09. The molecule has 1 aliphatic carbocycles. The molecular weight excluding hydrogens is 396 g/mol. The van der Waals surface area contributed by atoms with Gasteiger partial charge in [-0.05, 0) is 51.3 Å². The molecule has 1 aliphatic heterocycles. The minimum absolute atomic E-state index is 0.00833. The maximum atomic E-state index is 13.1. The summed E-state index contributed by atoms with van der Waals surface area (Å²) in [7, 11) is 0. The van der Waals surface area contributed by atoms with Gasteiger partial charge < -0.3 is 5.32 Å². The molecule has 2 aliphatic rings. The minimum Gasteiger partial charge on any atom is -0.353 e. The van der Waals surface area contributed by atoms with Crippen molar-refractivity contribution in [1.29, 1.82) is 0 Å². The number of benzene rings is 1. The third-order valence-corrected chi connectivity index (χ3v) is 7.38. The summed E-state index contributed by atoms with van der Waals surface area (Å²) in [5.74, 6) is 0.230. The standard InChI is InChI=1S/C23H32N4O2S/c1-2-27(23-25-19-12-6-7-13-20(19)30-23)21(28)16-26-14-8-9-17(15-26)22(29)24-18-10-4-3-5-11-18/h6-7,12-13,17-18H,2-5,8-11,14-16H2,1H3,(H,24,29)/t17-/m0/s1. The zero-order valence-corrected chi connectivity index (χ0v) is 18.6. The van der Waals surface area contributed by atoms with Crippen LogP contribution >= 0.6 is 11.3 Å². The molecule has 1 aromatic carbocycles. The van der Waals surface area contributed by atoms with Crippen LogP contribution in [0.1, 0.15) is 51.9 Å². The van der Waals surface area contributed by atoms with Gasteiger partial charge in [0.05, 0.1) is 22.7 Å². The molecule has 2 heterocycles. The monoisotopic (exact) mass is 428 g/mol. The summed E-state index contributed by atoms with van der Waals surface area (Å²) in [5.41, 5.74) is 0.932. The van der Waals surface area contributed by atoms with E-state index in [9.17, 15) is 9.59 Å². The second-order valence-electron chi connectivity index (χ2n) is 8.52. The van der Waals surface area contributed by atoms with Gasteiger partial charge >= 0.3 is 0 Å². The van der Waals surface area contributed by atoms with Gasteiger partial charge in [-0.3, -0.25) is 19.4 Å². The average molecular weight is 429 g/mol. The van der Waals surface area contributed by atoms with Crippen molar-refractivity contribution in [1.82, 2.24) is 15.2 Å². The van der Waals surface area contributed by atoms with Crippen LogP contribution in [0.25, 0.3) is 10.2 Å². The highest BCUT2D eigenvalue weighted by Crippen LogP contribution is 2.29. The minimum atomic E-state index is -0.00833. The van der Waals surface area contributed by atoms with Crippen molar-refractivity contribution in [2.75, 3.05) is 31.1 Å². The van der Waals surface area contributed by atoms with E-state index in [-0.39, 0.29) is 17.7 Å². The lowest BCUT2D eigenvalue weighted by Gasteiger charge is -2.34. The summed E-state index contributed by atoms with van der Waals surface area (Å²) in [6, 6.07) is 8.33. The van der Waals surface area contributed by atoms with Crippen molar-refractivity contribution >= 4 is 38.5 Å². The lowest BCUT2D eigenvalue weighted by molar-refractivity contribution is -0.129. The molecule has 0 unspecified atom stereocenters. The fraction of sp³-hybridized carbons (Fsp3) is 0.609. The Morgan fingerprint density at radius 3 is 2.73 bits per heavy atom. The van der Waals surface area contributed by atoms with Crippen LogP contribution in [-0.4, -0.2) is 53.9 Å². The average Bonchev–Trinajstić information content (AvgIpc) is 3.19. The molecule has 2 amide bonds. The maximum absolute atomic E-state index is 13.1. The van der Waals surface area contributed by atoms with Crippen molar-refractivity contribution in [2.45, 2.75) is 57.9 Å². The molecule has 30 heavy (non-hydrogen) atoms. The van der Waals surface area contributed by atoms with Gasteiger partial charge in [-0.1, -0.05) is 42.7 Å². The van der Waals surface area contributed by atoms with Crippen molar-refractivity contribution in [3.8, 4) is 0 Å². The number of carbonyl (C=O) groups excluding carboxylic acids is 2. The molecule has 7 heteroatoms. The Kier molecular flexibility index (Phi) is 7.00. The molecule has 0 bridgehead atoms. The number of thiazole rings is 1. The zero-order valence-electron chi connectivity index (χ0n) is 17.8. The molecule has 1 saturated carbocycles. The van der Waals surface area contributed by atoms with Gasteiger partial charge in [0.2, 0.25) is 11.8 Å². The van der Waals surface area contributed by atoms with E-state index in [2.05, 4.69) is 15.2 Å². The summed E-state index contributed by atoms with van der Waals surface area (Å²) in [5, 5.41) is 4.02. The van der Waals surface area contributed by atoms with Gasteiger partial charge in [0, 0.05) is 19.1 Å². The normalized spacial score (nSPS) is 20.9. The molecular formula is C23H32N4O2S. The van der Waals surface area contributed by atoms with E-state index in [1.54, 1.807) is 16.2 Å². The van der Waals surface area contributed by atoms with Gasteiger partial charge in [0.25, 0.3) is 0 Å². The lowest BCUT2D eigenvalue weighted by atomic mass is 9.93. The van der Waals surface area contributed by atoms with Crippen LogP contribution < -0.4 is 10.2 Å². The Balaban J connectivity index is 1.35. The number of fused-ring (bicyclic) bond motifs is 1. The highest BCUT2D eigenvalue weighted by atomic mass is 32.1. The zero-order chi connectivity index (χ0) is 20.9. The first-order valence-electron chi connectivity index (χ1n) is 11.3. The molecule has 0 radical (unpaired) electrons. The number of likely N-dealkylation sites (tertiary alicyclic amines) is 1. The Morgan fingerprint density at radius 1 is 1.17 bits per heavy atom. The fourth-order valence-electron chi connectivity index (χ4n) is 4.65. The number of hydrogen-bond donors (Lipinski definition) is 1. The highest BCUT2D eigenvalue weighted by Gasteiger charge is 2.29. The number of para-hydroxylation sites is 1. The number of piperidine rings is 1. The van der Waals surface area contributed by atoms with Crippen LogP contribution in [-0.2, 0) is 9.59 Å². The first kappa shape index (κ1) is 21.2. The molecule has 0 spiro atoms. The number of nitrogens with one attached hydrogen (secondary N) is 1. The molecule has 1 atom stereocenters. The second kappa shape index (κ2) is 9.88. The van der Waals surface area contributed by atoms with Crippen LogP contribution in [0.4, 0.5) is 5.13 Å². The molecule has 1 saturated heterocycles. The Bertz CT molecular complexity index is 844. The van der Waals surface area contributed by atoms with Crippen LogP contribution in [0.5, 0.6) is 0 Å². The molecule has 2 aromatic rings. The SMILES string of the molecule is CCN(C(=O)CN1CCC[C@H](C(=O)NC2CCCCC2)C1)c1nc2ccccc2s1. The number of likely N-dealkylation sites (N-methyl/N-ethyl adjacent to an activating group) is 1. The Morgan fingerprint density at radius 2 is 1.97 bits per heavy atom. The van der Waals surface area contributed by atoms with Gasteiger partial charge in [-0.2, -0.15) is 0 Å². The van der Waals surface area contributed by atoms with Crippen molar-refractivity contribution in [2.24, 2.45) is 5.92 Å². The second-order valence-corrected chi connectivity index (χ2v) is 9.53. The fourth-order valence-corrected chi connectivity index (χ4v) is 5.70. The van der Waals surface area contributed by atoms with Crippen LogP contribution in [0, 0.1) is 5.92 Å². The van der Waals surface area contributed by atoms with E-state index >= 15 is 0 Å². The van der Waals surface area contributed by atoms with E-state index in [4.69, 9.17) is 0 Å². The predicted octanol–water partition coefficient (Wildman–Crippen LogP) is 3.81. The van der Waals surface area contributed by atoms with E-state index in [1.807, 2.05) is 31.2 Å². The number of rotatable bonds is 6. The van der Waals surface area contributed by atoms with Crippen molar-refractivity contribution < 1.29 is 9.59 Å². The maximum Gasteiger partial charge on any atom is 0.242 e. The van der Waals surface area contributed by atoms with Gasteiger partial charge in [0.15, 0.2) is 5.13 Å². The summed E-state index contributed by atoms with van der Waals surface area (Å²) >= 11 is 1.56. The van der Waals surface area contributed by atoms with Crippen LogP contribution in [0.3, 0.4) is 0 Å². The van der Waals surface area contributed by atoms with Gasteiger partial charge in [-0.15, -0.1) is 0 Å². The lowest BCUT2D eigenvalue weighted by Crippen LogP contribution is -2.49. The molecule has 1 aromatic heterocycles. The predicted molar refractivity (Wildman–Crippen MR) is 122 cm³/mol. The molecule has 2 fully saturated rings. The quantitative estimate of drug-likeness (QED) is 0.760. The van der Waals surface area contributed by atoms with E-state index in [0.717, 1.165) is 47.6 Å². The molecule has 6 nitrogen and oxygen atoms in total. The largest absolute Gasteiger partial charge is 0.353 e. The third kappa shape index (κ3) is 5.01. The molecule has 162 valence electrons. The topological polar surface area (TPSA) is 65.5 Å². The highest BCUT2D eigenvalue weighted by molar-refractivity contribution is 7.22. The van der Waals surface area contributed by atoms with Gasteiger partial charge in [0.1, 0.15) is 0 Å². The van der Waals surface area contributed by atoms with Crippen LogP contribution in [0.2, 0.25) is 0 Å². The van der Waals surface area contributed by atoms with Crippen LogP contribution in [0.15, 0.2) is 24.3 Å². The summed E-state index contributed by atoms with van der Waals surface area (Å²) in [6.07, 6.45) is 7.81. The molecule has 1 N–H and O–H groups in total. The van der Waals surface area contributed by atoms with Crippen molar-refractivity contribution in [3.05, 3.63) is 24.3 Å². The first-order chi connectivity index (χ1) is 14.6. The molecule has 4 rings (SSSR count). The van der Waals surface area contributed by atoms with Crippen molar-refractivity contribution in [3.63, 3.8) is 0 Å². The summed E-state index contributed by atoms with van der Waals surface area (Å²) in [6.45, 7) is 4.47. The number of aromatic nitrogens is 1.